The highest BCUT2D eigenvalue weighted by Crippen LogP contribution is 2.72. The van der Waals surface area contributed by atoms with Crippen molar-refractivity contribution in [1.29, 1.82) is 0 Å². The van der Waals surface area contributed by atoms with Crippen molar-refractivity contribution < 1.29 is 43.9 Å². The van der Waals surface area contributed by atoms with E-state index in [-0.39, 0.29) is 12.5 Å². The summed E-state index contributed by atoms with van der Waals surface area (Å²) in [4.78, 5) is 38.5. The molecule has 0 aromatic carbocycles. The van der Waals surface area contributed by atoms with Gasteiger partial charge in [-0.3, -0.25) is 4.79 Å². The maximum absolute atomic E-state index is 13.2. The number of ether oxygens (including phenoxy) is 3. The average Bonchev–Trinajstić information content (AvgIpc) is 3.01. The number of aliphatic hydroxyl groups excluding tert-OH is 3. The molecule has 5 aliphatic rings. The number of hydrogen-bond acceptors (Lipinski definition) is 9. The molecule has 3 aliphatic carbocycles. The van der Waals surface area contributed by atoms with Gasteiger partial charge in [0.15, 0.2) is 5.78 Å². The summed E-state index contributed by atoms with van der Waals surface area (Å²) in [5.74, 6) is -3.97. The van der Waals surface area contributed by atoms with E-state index >= 15 is 0 Å². The third-order valence-corrected chi connectivity index (χ3v) is 9.35. The molecule has 11 atom stereocenters. The zero-order valence-electron chi connectivity index (χ0n) is 20.0. The molecule has 1 spiro atoms. The molecule has 2 aliphatic heterocycles. The normalized spacial score (nSPS) is 51.0. The fraction of sp³-hybridized carbons (Fsp3) is 0.720. The van der Waals surface area contributed by atoms with E-state index in [1.165, 1.54) is 12.2 Å². The van der Waals surface area contributed by atoms with Crippen LogP contribution in [-0.4, -0.2) is 75.8 Å². The number of carbonyl (C=O) groups is 3. The van der Waals surface area contributed by atoms with Crippen molar-refractivity contribution in [2.45, 2.75) is 77.2 Å². The van der Waals surface area contributed by atoms with Crippen LogP contribution in [0.5, 0.6) is 0 Å². The van der Waals surface area contributed by atoms with Gasteiger partial charge in [0.1, 0.15) is 23.9 Å². The predicted octanol–water partition coefficient (Wildman–Crippen LogP) is 0.449. The number of hydrogen-bond donors (Lipinski definition) is 3. The maximum Gasteiger partial charge on any atom is 0.348 e. The van der Waals surface area contributed by atoms with Crippen LogP contribution < -0.4 is 0 Å². The summed E-state index contributed by atoms with van der Waals surface area (Å²) in [7, 11) is 0. The molecule has 2 saturated carbocycles. The second-order valence-electron chi connectivity index (χ2n) is 11.3. The van der Waals surface area contributed by atoms with Gasteiger partial charge in [-0.1, -0.05) is 18.1 Å². The number of allylic oxidation sites excluding steroid dienone is 2. The molecule has 0 aromatic heterocycles. The minimum absolute atomic E-state index is 0.0214. The average molecular weight is 477 g/mol. The molecule has 0 aromatic rings. The smallest absolute Gasteiger partial charge is 0.348 e. The first-order valence-electron chi connectivity index (χ1n) is 11.8. The van der Waals surface area contributed by atoms with Crippen molar-refractivity contribution in [2.75, 3.05) is 6.61 Å². The quantitative estimate of drug-likeness (QED) is 0.383. The fourth-order valence-electron chi connectivity index (χ4n) is 8.07. The standard InChI is InChI=1S/C25H32O9/c1-10(2)6-15(27)34-17-19-24(5)21(30)16(28)18-23(4)12(11(3)7-13(26)20(23)29)8-14(33-22(17)31)25(18,19)9-32-24/h6-7,12,14,16-21,28-30H,8-9H2,1-5H3/t12?,14?,16-,17-,18?,19?,20+,21+,23+,24+,25-/m1/s1. The zero-order valence-corrected chi connectivity index (χ0v) is 20.0. The highest BCUT2D eigenvalue weighted by atomic mass is 16.6. The minimum atomic E-state index is -1.45. The molecule has 2 saturated heterocycles. The molecule has 2 bridgehead atoms. The summed E-state index contributed by atoms with van der Waals surface area (Å²) in [6.45, 7) is 8.61. The Morgan fingerprint density at radius 3 is 2.50 bits per heavy atom. The van der Waals surface area contributed by atoms with Crippen LogP contribution >= 0.6 is 0 Å². The maximum atomic E-state index is 13.2. The van der Waals surface area contributed by atoms with E-state index in [0.717, 1.165) is 5.57 Å². The first kappa shape index (κ1) is 23.7. The molecule has 0 amide bonds. The molecular weight excluding hydrogens is 444 g/mol. The van der Waals surface area contributed by atoms with E-state index < -0.39 is 76.5 Å². The number of fused-ring (bicyclic) bond motifs is 2. The lowest BCUT2D eigenvalue weighted by molar-refractivity contribution is -0.297. The van der Waals surface area contributed by atoms with Gasteiger partial charge in [-0.2, -0.15) is 0 Å². The zero-order chi connectivity index (χ0) is 25.0. The highest BCUT2D eigenvalue weighted by Gasteiger charge is 2.82. The lowest BCUT2D eigenvalue weighted by atomic mass is 9.38. The second-order valence-corrected chi connectivity index (χ2v) is 11.3. The number of carbonyl (C=O) groups excluding carboxylic acids is 3. The Labute approximate surface area is 197 Å². The van der Waals surface area contributed by atoms with Gasteiger partial charge in [0, 0.05) is 22.8 Å². The van der Waals surface area contributed by atoms with Gasteiger partial charge in [-0.15, -0.1) is 0 Å². The summed E-state index contributed by atoms with van der Waals surface area (Å²) in [6.07, 6.45) is -3.32. The molecule has 186 valence electrons. The topological polar surface area (TPSA) is 140 Å². The van der Waals surface area contributed by atoms with E-state index in [0.29, 0.717) is 12.0 Å². The van der Waals surface area contributed by atoms with Crippen molar-refractivity contribution in [3.05, 3.63) is 23.3 Å². The Balaban J connectivity index is 1.70. The number of ketones is 1. The molecule has 0 radical (unpaired) electrons. The Bertz CT molecular complexity index is 1030. The highest BCUT2D eigenvalue weighted by molar-refractivity contribution is 5.96. The van der Waals surface area contributed by atoms with Crippen LogP contribution in [-0.2, 0) is 28.6 Å². The summed E-state index contributed by atoms with van der Waals surface area (Å²) >= 11 is 0. The van der Waals surface area contributed by atoms with Crippen LogP contribution in [0.1, 0.15) is 41.0 Å². The largest absolute Gasteiger partial charge is 0.459 e. The molecule has 4 fully saturated rings. The summed E-state index contributed by atoms with van der Waals surface area (Å²) < 4.78 is 17.6. The SMILES string of the molecule is CC(C)=CC(=O)O[C@H]1C(=O)OC2CC3C(C)=CC(=O)[C@H](O)[C@]3(C)C3[C@@H](O)[C@H](O)[C@@]4(C)OC[C@@]23C14. The Hall–Kier alpha value is -2.07. The molecular formula is C25H32O9. The van der Waals surface area contributed by atoms with Crippen molar-refractivity contribution in [3.63, 3.8) is 0 Å². The summed E-state index contributed by atoms with van der Waals surface area (Å²) in [6, 6.07) is 0. The lowest BCUT2D eigenvalue weighted by Gasteiger charge is -2.68. The van der Waals surface area contributed by atoms with Gasteiger partial charge in [0.05, 0.1) is 18.6 Å². The number of aliphatic hydroxyl groups is 3. The van der Waals surface area contributed by atoms with Crippen LogP contribution in [0.15, 0.2) is 23.3 Å². The van der Waals surface area contributed by atoms with E-state index in [9.17, 15) is 29.7 Å². The van der Waals surface area contributed by atoms with Gasteiger partial charge in [0.25, 0.3) is 0 Å². The van der Waals surface area contributed by atoms with E-state index in [1.54, 1.807) is 34.6 Å². The van der Waals surface area contributed by atoms with Crippen molar-refractivity contribution in [1.82, 2.24) is 0 Å². The molecule has 4 unspecified atom stereocenters. The molecule has 3 N–H and O–H groups in total. The van der Waals surface area contributed by atoms with Gasteiger partial charge < -0.3 is 29.5 Å². The molecule has 34 heavy (non-hydrogen) atoms. The van der Waals surface area contributed by atoms with Crippen LogP contribution in [0.3, 0.4) is 0 Å². The van der Waals surface area contributed by atoms with Crippen molar-refractivity contribution >= 4 is 17.7 Å². The first-order chi connectivity index (χ1) is 15.8. The van der Waals surface area contributed by atoms with Crippen LogP contribution in [0.4, 0.5) is 0 Å². The molecule has 2 heterocycles. The first-order valence-corrected chi connectivity index (χ1v) is 11.8. The fourth-order valence-corrected chi connectivity index (χ4v) is 8.07. The number of rotatable bonds is 2. The monoisotopic (exact) mass is 476 g/mol. The summed E-state index contributed by atoms with van der Waals surface area (Å²) in [5, 5.41) is 34.0. The molecule has 5 rings (SSSR count). The Morgan fingerprint density at radius 2 is 1.85 bits per heavy atom. The number of esters is 2. The van der Waals surface area contributed by atoms with Gasteiger partial charge in [-0.05, 0) is 46.1 Å². The van der Waals surface area contributed by atoms with Crippen LogP contribution in [0.25, 0.3) is 0 Å². The molecule has 9 heteroatoms. The lowest BCUT2D eigenvalue weighted by Crippen LogP contribution is -2.78. The van der Waals surface area contributed by atoms with Crippen molar-refractivity contribution in [2.24, 2.45) is 28.6 Å². The third-order valence-electron chi connectivity index (χ3n) is 9.35. The van der Waals surface area contributed by atoms with E-state index in [4.69, 9.17) is 14.2 Å². The van der Waals surface area contributed by atoms with E-state index in [2.05, 4.69) is 0 Å². The minimum Gasteiger partial charge on any atom is -0.459 e. The van der Waals surface area contributed by atoms with Gasteiger partial charge in [0.2, 0.25) is 6.10 Å². The van der Waals surface area contributed by atoms with Gasteiger partial charge in [-0.25, -0.2) is 9.59 Å². The van der Waals surface area contributed by atoms with Crippen LogP contribution in [0, 0.1) is 28.6 Å². The molecule has 9 nitrogen and oxygen atoms in total. The second kappa shape index (κ2) is 7.22. The Morgan fingerprint density at radius 1 is 1.18 bits per heavy atom. The van der Waals surface area contributed by atoms with Crippen LogP contribution in [0.2, 0.25) is 0 Å². The van der Waals surface area contributed by atoms with Gasteiger partial charge >= 0.3 is 11.9 Å². The summed E-state index contributed by atoms with van der Waals surface area (Å²) in [5.41, 5.74) is -2.21. The van der Waals surface area contributed by atoms with Crippen molar-refractivity contribution in [3.8, 4) is 0 Å². The predicted molar refractivity (Wildman–Crippen MR) is 116 cm³/mol. The Kier molecular flexibility index (Phi) is 5.03. The van der Waals surface area contributed by atoms with E-state index in [1.807, 2.05) is 0 Å². The third kappa shape index (κ3) is 2.67.